The number of nitrogens with zero attached hydrogens (tertiary/aromatic N) is 2. The van der Waals surface area contributed by atoms with Crippen LogP contribution in [-0.4, -0.2) is 51.5 Å². The van der Waals surface area contributed by atoms with Gasteiger partial charge in [0.2, 0.25) is 0 Å². The molecular formula is C27H26F3N3O5. The van der Waals surface area contributed by atoms with Gasteiger partial charge in [0, 0.05) is 12.8 Å². The number of imidazole rings is 1. The van der Waals surface area contributed by atoms with Crippen LogP contribution in [0.2, 0.25) is 0 Å². The second kappa shape index (κ2) is 12.4. The van der Waals surface area contributed by atoms with Crippen LogP contribution in [-0.2, 0) is 16.1 Å². The van der Waals surface area contributed by atoms with Crippen molar-refractivity contribution in [3.63, 3.8) is 0 Å². The van der Waals surface area contributed by atoms with Crippen molar-refractivity contribution in [3.05, 3.63) is 72.4 Å². The predicted molar refractivity (Wildman–Crippen MR) is 133 cm³/mol. The number of carbonyl (C=O) groups is 1. The molecule has 1 aliphatic rings. The summed E-state index contributed by atoms with van der Waals surface area (Å²) >= 11 is 0. The van der Waals surface area contributed by atoms with Crippen molar-refractivity contribution in [2.75, 3.05) is 13.2 Å². The number of hydrogen-bond donors (Lipinski definition) is 2. The minimum absolute atomic E-state index is 0.132. The van der Waals surface area contributed by atoms with Crippen LogP contribution in [0.5, 0.6) is 11.5 Å². The zero-order valence-corrected chi connectivity index (χ0v) is 20.3. The maximum absolute atomic E-state index is 10.6. The maximum atomic E-state index is 10.6. The summed E-state index contributed by atoms with van der Waals surface area (Å²) in [6.45, 7) is 1.83. The van der Waals surface area contributed by atoms with E-state index in [-0.39, 0.29) is 6.10 Å². The van der Waals surface area contributed by atoms with Gasteiger partial charge >= 0.3 is 12.1 Å². The lowest BCUT2D eigenvalue weighted by molar-refractivity contribution is -0.192. The van der Waals surface area contributed by atoms with Crippen molar-refractivity contribution >= 4 is 17.1 Å². The Hall–Kier alpha value is -4.12. The molecule has 0 spiro atoms. The Morgan fingerprint density at radius 3 is 2.55 bits per heavy atom. The summed E-state index contributed by atoms with van der Waals surface area (Å²) < 4.78 is 49.8. The van der Waals surface area contributed by atoms with Gasteiger partial charge in [-0.25, -0.2) is 14.8 Å². The number of aromatic amines is 1. The first-order valence-electron chi connectivity index (χ1n) is 12.0. The van der Waals surface area contributed by atoms with Gasteiger partial charge in [-0.3, -0.25) is 0 Å². The molecule has 38 heavy (non-hydrogen) atoms. The number of nitrogens with one attached hydrogen (secondary N) is 1. The molecular weight excluding hydrogens is 503 g/mol. The van der Waals surface area contributed by atoms with E-state index in [9.17, 15) is 13.2 Å². The van der Waals surface area contributed by atoms with E-state index in [1.165, 1.54) is 6.42 Å². The van der Waals surface area contributed by atoms with Gasteiger partial charge < -0.3 is 24.3 Å². The number of hydrogen-bond acceptors (Lipinski definition) is 6. The number of aromatic nitrogens is 3. The molecule has 2 N–H and O–H groups in total. The Balaban J connectivity index is 0.000000426. The SMILES string of the molecule is O=C(O)C(F)(F)F.c1ccc(COc2ccc(OCC3CCCCO3)c(-c3nc4ncccc4[nH]3)c2)cc1. The Labute approximate surface area is 216 Å². The van der Waals surface area contributed by atoms with Crippen LogP contribution in [0.15, 0.2) is 66.9 Å². The lowest BCUT2D eigenvalue weighted by Gasteiger charge is -2.23. The smallest absolute Gasteiger partial charge is 0.490 e. The molecule has 1 saturated heterocycles. The molecule has 5 rings (SSSR count). The summed E-state index contributed by atoms with van der Waals surface area (Å²) in [6.07, 6.45) is 0.128. The fraction of sp³-hybridized carbons (Fsp3) is 0.296. The molecule has 8 nitrogen and oxygen atoms in total. The summed E-state index contributed by atoms with van der Waals surface area (Å²) in [7, 11) is 0. The summed E-state index contributed by atoms with van der Waals surface area (Å²) in [6, 6.07) is 19.8. The first-order valence-corrected chi connectivity index (χ1v) is 12.0. The van der Waals surface area contributed by atoms with Crippen molar-refractivity contribution in [1.82, 2.24) is 15.0 Å². The number of pyridine rings is 1. The van der Waals surface area contributed by atoms with Gasteiger partial charge in [0.15, 0.2) is 5.65 Å². The molecule has 200 valence electrons. The standard InChI is InChI=1S/C25H25N3O3.C2HF3O2/c1-2-7-18(8-3-1)16-30-19-11-12-23(31-17-20-9-4-5-14-29-20)21(15-19)24-27-22-10-6-13-26-25(22)28-24;3-2(4,5)1(6)7/h1-3,6-8,10-13,15,20H,4-5,9,14,16-17H2,(H,26,27,28);(H,6,7). The lowest BCUT2D eigenvalue weighted by atomic mass is 10.1. The Bertz CT molecular complexity index is 1310. The Morgan fingerprint density at radius 2 is 1.87 bits per heavy atom. The first kappa shape index (κ1) is 26.9. The van der Waals surface area contributed by atoms with Crippen molar-refractivity contribution in [3.8, 4) is 22.9 Å². The molecule has 2 aromatic heterocycles. The number of benzene rings is 2. The molecule has 1 fully saturated rings. The lowest BCUT2D eigenvalue weighted by Crippen LogP contribution is -2.25. The van der Waals surface area contributed by atoms with E-state index >= 15 is 0 Å². The number of halogens is 3. The van der Waals surface area contributed by atoms with Gasteiger partial charge in [-0.2, -0.15) is 13.2 Å². The topological polar surface area (TPSA) is 107 Å². The third-order valence-corrected chi connectivity index (χ3v) is 5.65. The molecule has 0 bridgehead atoms. The normalized spacial score (nSPS) is 15.4. The number of ether oxygens (including phenoxy) is 3. The number of fused-ring (bicyclic) bond motifs is 1. The molecule has 0 saturated carbocycles. The molecule has 0 amide bonds. The second-order valence-electron chi connectivity index (χ2n) is 8.49. The molecule has 2 aromatic carbocycles. The van der Waals surface area contributed by atoms with Crippen LogP contribution in [0.4, 0.5) is 13.2 Å². The maximum Gasteiger partial charge on any atom is 0.490 e. The van der Waals surface area contributed by atoms with Crippen LogP contribution in [0, 0.1) is 0 Å². The van der Waals surface area contributed by atoms with Crippen molar-refractivity contribution < 1.29 is 37.3 Å². The molecule has 0 aliphatic carbocycles. The fourth-order valence-corrected chi connectivity index (χ4v) is 3.74. The molecule has 11 heteroatoms. The second-order valence-corrected chi connectivity index (χ2v) is 8.49. The van der Waals surface area contributed by atoms with E-state index in [0.29, 0.717) is 24.7 Å². The van der Waals surface area contributed by atoms with Gasteiger partial charge in [0.25, 0.3) is 0 Å². The molecule has 1 aliphatic heterocycles. The molecule has 1 atom stereocenters. The average molecular weight is 530 g/mol. The van der Waals surface area contributed by atoms with Gasteiger partial charge in [-0.15, -0.1) is 0 Å². The van der Waals surface area contributed by atoms with E-state index in [4.69, 9.17) is 24.1 Å². The third kappa shape index (κ3) is 7.45. The monoisotopic (exact) mass is 529 g/mol. The molecule has 4 aromatic rings. The van der Waals surface area contributed by atoms with E-state index in [1.807, 2.05) is 60.7 Å². The fourth-order valence-electron chi connectivity index (χ4n) is 3.74. The highest BCUT2D eigenvalue weighted by Gasteiger charge is 2.38. The zero-order valence-electron chi connectivity index (χ0n) is 20.3. The Kier molecular flexibility index (Phi) is 8.80. The predicted octanol–water partition coefficient (Wildman–Crippen LogP) is 5.79. The largest absolute Gasteiger partial charge is 0.490 e. The number of alkyl halides is 3. The van der Waals surface area contributed by atoms with Gasteiger partial charge in [-0.1, -0.05) is 30.3 Å². The van der Waals surface area contributed by atoms with Gasteiger partial charge in [0.1, 0.15) is 30.5 Å². The zero-order chi connectivity index (χ0) is 27.0. The summed E-state index contributed by atoms with van der Waals surface area (Å²) in [5.41, 5.74) is 3.52. The van der Waals surface area contributed by atoms with Crippen LogP contribution in [0.3, 0.4) is 0 Å². The molecule has 0 radical (unpaired) electrons. The van der Waals surface area contributed by atoms with Crippen molar-refractivity contribution in [2.45, 2.75) is 38.1 Å². The van der Waals surface area contributed by atoms with E-state index in [0.717, 1.165) is 47.6 Å². The average Bonchev–Trinajstić information content (AvgIpc) is 3.36. The van der Waals surface area contributed by atoms with Crippen molar-refractivity contribution in [2.24, 2.45) is 0 Å². The Morgan fingerprint density at radius 1 is 1.08 bits per heavy atom. The number of carboxylic acid groups (broad SMARTS) is 1. The van der Waals surface area contributed by atoms with Crippen LogP contribution in [0.1, 0.15) is 24.8 Å². The molecule has 1 unspecified atom stereocenters. The van der Waals surface area contributed by atoms with Gasteiger partial charge in [0.05, 0.1) is 17.2 Å². The highest BCUT2D eigenvalue weighted by atomic mass is 19.4. The number of carboxylic acids is 1. The minimum atomic E-state index is -5.08. The first-order chi connectivity index (χ1) is 18.3. The van der Waals surface area contributed by atoms with Crippen LogP contribution < -0.4 is 9.47 Å². The van der Waals surface area contributed by atoms with Crippen LogP contribution in [0.25, 0.3) is 22.6 Å². The summed E-state index contributed by atoms with van der Waals surface area (Å²) in [4.78, 5) is 21.3. The van der Waals surface area contributed by atoms with Gasteiger partial charge in [-0.05, 0) is 55.2 Å². The number of H-pyrrole nitrogens is 1. The highest BCUT2D eigenvalue weighted by Crippen LogP contribution is 2.33. The number of rotatable bonds is 7. The van der Waals surface area contributed by atoms with Crippen molar-refractivity contribution in [1.29, 1.82) is 0 Å². The summed E-state index contributed by atoms with van der Waals surface area (Å²) in [5, 5.41) is 7.12. The number of aliphatic carboxylic acids is 1. The highest BCUT2D eigenvalue weighted by molar-refractivity contribution is 5.78. The molecule has 3 heterocycles. The van der Waals surface area contributed by atoms with E-state index in [1.54, 1.807) is 6.20 Å². The minimum Gasteiger partial charge on any atom is -0.490 e. The third-order valence-electron chi connectivity index (χ3n) is 5.65. The van der Waals surface area contributed by atoms with Crippen LogP contribution >= 0.6 is 0 Å². The quantitative estimate of drug-likeness (QED) is 0.312. The van der Waals surface area contributed by atoms with E-state index < -0.39 is 12.1 Å². The summed E-state index contributed by atoms with van der Waals surface area (Å²) in [5.74, 6) is -0.542. The van der Waals surface area contributed by atoms with E-state index in [2.05, 4.69) is 15.0 Å².